The van der Waals surface area contributed by atoms with Gasteiger partial charge in [-0.25, -0.2) is 0 Å². The van der Waals surface area contributed by atoms with E-state index in [1.54, 1.807) is 0 Å². The molecule has 0 rings (SSSR count). The molecule has 2 N–H and O–H groups in total. The molecule has 0 aliphatic rings. The number of rotatable bonds is 0. The van der Waals surface area contributed by atoms with Crippen LogP contribution < -0.4 is 0 Å². The predicted molar refractivity (Wildman–Crippen MR) is 15.0 cm³/mol. The first-order chi connectivity index (χ1) is 1.41. The molecular formula is C2H5O2Zn-. The fraction of sp³-hybridized carbons (Fsp3) is 0.500. The molecule has 0 atom stereocenters. The van der Waals surface area contributed by atoms with Gasteiger partial charge in [-0.3, -0.25) is 6.29 Å². The second kappa shape index (κ2) is 28.7. The molecule has 0 saturated carbocycles. The molecule has 28 valence electrons. The molecule has 0 aromatic rings. The van der Waals surface area contributed by atoms with E-state index in [0.29, 0.717) is 0 Å². The van der Waals surface area contributed by atoms with Crippen molar-refractivity contribution in [1.29, 1.82) is 0 Å². The SMILES string of the molecule is C[C-]=O.O.[Zn]. The van der Waals surface area contributed by atoms with E-state index >= 15 is 0 Å². The Bertz CT molecular complexity index is 15.1. The third-order valence-corrected chi connectivity index (χ3v) is 0. The molecule has 0 aliphatic carbocycles. The summed E-state index contributed by atoms with van der Waals surface area (Å²) in [6, 6.07) is 0. The Balaban J connectivity index is -0.0000000200. The first kappa shape index (κ1) is 18.7. The maximum absolute atomic E-state index is 8.68. The van der Waals surface area contributed by atoms with Crippen LogP contribution in [-0.2, 0) is 24.3 Å². The fourth-order valence-electron chi connectivity index (χ4n) is 0. The van der Waals surface area contributed by atoms with Gasteiger partial charge in [-0.05, 0) is 0 Å². The molecule has 0 saturated heterocycles. The maximum Gasteiger partial charge on any atom is 0 e. The van der Waals surface area contributed by atoms with E-state index in [1.165, 1.54) is 13.2 Å². The summed E-state index contributed by atoms with van der Waals surface area (Å²) in [5, 5.41) is 0. The fourth-order valence-corrected chi connectivity index (χ4v) is 0. The zero-order chi connectivity index (χ0) is 2.71. The molecule has 0 aromatic heterocycles. The van der Waals surface area contributed by atoms with Gasteiger partial charge in [0.1, 0.15) is 0 Å². The topological polar surface area (TPSA) is 48.6 Å². The molecule has 0 unspecified atom stereocenters. The quantitative estimate of drug-likeness (QED) is 0.312. The Kier molecular flexibility index (Phi) is 107. The van der Waals surface area contributed by atoms with E-state index in [0.717, 1.165) is 0 Å². The van der Waals surface area contributed by atoms with Crippen LogP contribution in [0.3, 0.4) is 0 Å². The van der Waals surface area contributed by atoms with Crippen molar-refractivity contribution in [3.8, 4) is 0 Å². The van der Waals surface area contributed by atoms with Crippen LogP contribution in [-0.4, -0.2) is 11.8 Å². The third kappa shape index (κ3) is 336. The number of hydrogen-bond acceptors (Lipinski definition) is 1. The van der Waals surface area contributed by atoms with Crippen LogP contribution in [0.4, 0.5) is 0 Å². The van der Waals surface area contributed by atoms with Crippen molar-refractivity contribution >= 4 is 6.29 Å². The van der Waals surface area contributed by atoms with Crippen LogP contribution in [0.5, 0.6) is 0 Å². The number of hydrogen-bond donors (Lipinski definition) is 0. The first-order valence-electron chi connectivity index (χ1n) is 0.704. The van der Waals surface area contributed by atoms with E-state index in [1.807, 2.05) is 0 Å². The molecule has 0 fully saturated rings. The van der Waals surface area contributed by atoms with Gasteiger partial charge in [0.2, 0.25) is 0 Å². The maximum atomic E-state index is 8.68. The van der Waals surface area contributed by atoms with Crippen LogP contribution in [0, 0.1) is 0 Å². The Hall–Kier alpha value is 0.253. The van der Waals surface area contributed by atoms with E-state index in [2.05, 4.69) is 0 Å². The zero-order valence-electron chi connectivity index (χ0n) is 3.12. The van der Waals surface area contributed by atoms with Crippen molar-refractivity contribution in [3.05, 3.63) is 0 Å². The molecule has 0 amide bonds. The predicted octanol–water partition coefficient (Wildman–Crippen LogP) is -0.711. The van der Waals surface area contributed by atoms with Crippen molar-refractivity contribution in [2.75, 3.05) is 0 Å². The molecule has 3 heteroatoms. The largest absolute Gasteiger partial charge is 0.542 e. The second-order valence-electron chi connectivity index (χ2n) is 0.204. The average molecular weight is 126 g/mol. The van der Waals surface area contributed by atoms with Gasteiger partial charge in [0.15, 0.2) is 0 Å². The van der Waals surface area contributed by atoms with Crippen LogP contribution in [0.15, 0.2) is 0 Å². The Morgan fingerprint density at radius 3 is 1.60 bits per heavy atom. The Morgan fingerprint density at radius 2 is 1.60 bits per heavy atom. The molecule has 5 heavy (non-hydrogen) atoms. The van der Waals surface area contributed by atoms with Gasteiger partial charge in [-0.2, -0.15) is 6.92 Å². The summed E-state index contributed by atoms with van der Waals surface area (Å²) in [5.41, 5.74) is 0. The average Bonchev–Trinajstić information content (AvgIpc) is 0.918. The van der Waals surface area contributed by atoms with E-state index in [9.17, 15) is 0 Å². The van der Waals surface area contributed by atoms with Gasteiger partial charge >= 0.3 is 0 Å². The van der Waals surface area contributed by atoms with Crippen LogP contribution in [0.1, 0.15) is 6.92 Å². The minimum Gasteiger partial charge on any atom is -0.542 e. The molecule has 2 nitrogen and oxygen atoms in total. The Labute approximate surface area is 43.6 Å². The van der Waals surface area contributed by atoms with Gasteiger partial charge in [0, 0.05) is 19.5 Å². The summed E-state index contributed by atoms with van der Waals surface area (Å²) in [5.74, 6) is 0. The zero-order valence-corrected chi connectivity index (χ0v) is 6.08. The molecular weight excluding hydrogens is 121 g/mol. The van der Waals surface area contributed by atoms with Crippen LogP contribution in [0.25, 0.3) is 0 Å². The van der Waals surface area contributed by atoms with Crippen molar-refractivity contribution in [2.24, 2.45) is 0 Å². The van der Waals surface area contributed by atoms with Gasteiger partial charge < -0.3 is 10.3 Å². The molecule has 0 radical (unpaired) electrons. The summed E-state index contributed by atoms with van der Waals surface area (Å²) in [7, 11) is 0. The molecule has 0 bridgehead atoms. The summed E-state index contributed by atoms with van der Waals surface area (Å²) in [6.45, 7) is 1.32. The molecule has 0 aliphatic heterocycles. The standard InChI is InChI=1S/C2H3O.H2O.Zn/c1-2-3;;/h1H3;1H2;/q-1;;. The molecule has 0 aromatic carbocycles. The summed E-state index contributed by atoms with van der Waals surface area (Å²) >= 11 is 0. The summed E-state index contributed by atoms with van der Waals surface area (Å²) in [6.07, 6.45) is 1.50. The second-order valence-corrected chi connectivity index (χ2v) is 0.204. The van der Waals surface area contributed by atoms with Gasteiger partial charge in [-0.1, -0.05) is 0 Å². The summed E-state index contributed by atoms with van der Waals surface area (Å²) < 4.78 is 0. The van der Waals surface area contributed by atoms with Crippen molar-refractivity contribution in [1.82, 2.24) is 0 Å². The minimum atomic E-state index is 0. The van der Waals surface area contributed by atoms with Crippen molar-refractivity contribution < 1.29 is 29.7 Å². The normalized spacial score (nSPS) is 2.60. The van der Waals surface area contributed by atoms with Gasteiger partial charge in [0.25, 0.3) is 0 Å². The van der Waals surface area contributed by atoms with Crippen molar-refractivity contribution in [2.45, 2.75) is 6.92 Å². The Morgan fingerprint density at radius 1 is 1.60 bits per heavy atom. The molecule has 0 heterocycles. The monoisotopic (exact) mass is 125 g/mol. The van der Waals surface area contributed by atoms with Gasteiger partial charge in [0.05, 0.1) is 0 Å². The van der Waals surface area contributed by atoms with E-state index < -0.39 is 0 Å². The van der Waals surface area contributed by atoms with Crippen molar-refractivity contribution in [3.63, 3.8) is 0 Å². The van der Waals surface area contributed by atoms with Gasteiger partial charge in [-0.15, -0.1) is 0 Å². The first-order valence-corrected chi connectivity index (χ1v) is 0.704. The third-order valence-electron chi connectivity index (χ3n) is 0. The number of carbonyl (C=O) groups excluding carboxylic acids is 1. The molecule has 0 spiro atoms. The van der Waals surface area contributed by atoms with E-state index in [4.69, 9.17) is 4.79 Å². The van der Waals surface area contributed by atoms with E-state index in [-0.39, 0.29) is 25.0 Å². The van der Waals surface area contributed by atoms with Crippen LogP contribution in [0.2, 0.25) is 0 Å². The minimum absolute atomic E-state index is 0. The summed E-state index contributed by atoms with van der Waals surface area (Å²) in [4.78, 5) is 8.68. The smallest absolute Gasteiger partial charge is 0 e. The van der Waals surface area contributed by atoms with Crippen LogP contribution >= 0.6 is 0 Å².